The van der Waals surface area contributed by atoms with Gasteiger partial charge in [0.2, 0.25) is 5.91 Å². The number of carbonyl (C=O) groups is 2. The van der Waals surface area contributed by atoms with Gasteiger partial charge in [0.25, 0.3) is 0 Å². The summed E-state index contributed by atoms with van der Waals surface area (Å²) in [6.45, 7) is 5.46. The molecule has 0 spiro atoms. The minimum Gasteiger partial charge on any atom is -0.311 e. The Morgan fingerprint density at radius 3 is 2.64 bits per heavy atom. The molecule has 0 unspecified atom stereocenters. The Labute approximate surface area is 130 Å². The van der Waals surface area contributed by atoms with Gasteiger partial charge in [-0.05, 0) is 38.0 Å². The van der Waals surface area contributed by atoms with Gasteiger partial charge in [-0.3, -0.25) is 9.59 Å². The van der Waals surface area contributed by atoms with Gasteiger partial charge in [0, 0.05) is 17.5 Å². The lowest BCUT2D eigenvalue weighted by atomic mass is 10.0. The molecule has 0 aliphatic carbocycles. The van der Waals surface area contributed by atoms with Crippen LogP contribution in [0.15, 0.2) is 36.4 Å². The molecule has 2 rings (SSSR count). The number of pyridine rings is 1. The first-order valence-corrected chi connectivity index (χ1v) is 7.40. The molecule has 1 heterocycles. The molecule has 0 saturated heterocycles. The number of aryl methyl sites for hydroxylation is 1. The molecule has 0 aliphatic heterocycles. The van der Waals surface area contributed by atoms with E-state index in [0.717, 1.165) is 23.2 Å². The molecule has 4 heteroatoms. The lowest BCUT2D eigenvalue weighted by Gasteiger charge is -2.10. The summed E-state index contributed by atoms with van der Waals surface area (Å²) in [5, 5.41) is 2.80. The van der Waals surface area contributed by atoms with E-state index in [0.29, 0.717) is 17.8 Å². The Morgan fingerprint density at radius 1 is 1.18 bits per heavy atom. The van der Waals surface area contributed by atoms with Crippen molar-refractivity contribution in [1.29, 1.82) is 0 Å². The van der Waals surface area contributed by atoms with Crippen LogP contribution in [0.2, 0.25) is 0 Å². The van der Waals surface area contributed by atoms with Gasteiger partial charge in [-0.15, -0.1) is 0 Å². The fourth-order valence-electron chi connectivity index (χ4n) is 2.21. The Bertz CT molecular complexity index is 708. The molecular formula is C18H20N2O2. The third kappa shape index (κ3) is 3.79. The second-order valence-corrected chi connectivity index (χ2v) is 5.30. The maximum Gasteiger partial charge on any atom is 0.225 e. The molecule has 114 valence electrons. The van der Waals surface area contributed by atoms with E-state index >= 15 is 0 Å². The van der Waals surface area contributed by atoms with Crippen molar-refractivity contribution in [3.05, 3.63) is 47.5 Å². The van der Waals surface area contributed by atoms with Crippen LogP contribution in [0.3, 0.4) is 0 Å². The number of hydrogen-bond donors (Lipinski definition) is 1. The molecule has 4 nitrogen and oxygen atoms in total. The fourth-order valence-corrected chi connectivity index (χ4v) is 2.21. The summed E-state index contributed by atoms with van der Waals surface area (Å²) in [5.41, 5.74) is 3.29. The van der Waals surface area contributed by atoms with Gasteiger partial charge in [-0.25, -0.2) is 4.98 Å². The topological polar surface area (TPSA) is 59.1 Å². The molecule has 1 amide bonds. The van der Waals surface area contributed by atoms with Crippen molar-refractivity contribution in [3.8, 4) is 11.3 Å². The van der Waals surface area contributed by atoms with Crippen molar-refractivity contribution in [2.75, 3.05) is 5.32 Å². The van der Waals surface area contributed by atoms with Gasteiger partial charge < -0.3 is 5.32 Å². The number of hydrogen-bond acceptors (Lipinski definition) is 3. The average Bonchev–Trinajstić information content (AvgIpc) is 2.49. The SMILES string of the molecule is CCCC(=O)Nc1ccc(C)c(-c2cccc(C(C)=O)c2)n1. The normalized spacial score (nSPS) is 10.3. The minimum absolute atomic E-state index is 0.0203. The van der Waals surface area contributed by atoms with Gasteiger partial charge in [-0.2, -0.15) is 0 Å². The number of Topliss-reactive ketones (excluding diaryl/α,β-unsaturated/α-hetero) is 1. The molecule has 22 heavy (non-hydrogen) atoms. The summed E-state index contributed by atoms with van der Waals surface area (Å²) in [6.07, 6.45) is 1.27. The Morgan fingerprint density at radius 2 is 1.95 bits per heavy atom. The molecular weight excluding hydrogens is 276 g/mol. The number of aromatic nitrogens is 1. The average molecular weight is 296 g/mol. The molecule has 1 aromatic carbocycles. The number of nitrogens with zero attached hydrogens (tertiary/aromatic N) is 1. The van der Waals surface area contributed by atoms with Crippen LogP contribution in [0.25, 0.3) is 11.3 Å². The molecule has 1 aromatic heterocycles. The number of ketones is 1. The maximum absolute atomic E-state index is 11.7. The zero-order chi connectivity index (χ0) is 16.1. The van der Waals surface area contributed by atoms with E-state index in [9.17, 15) is 9.59 Å². The van der Waals surface area contributed by atoms with E-state index in [1.807, 2.05) is 38.1 Å². The smallest absolute Gasteiger partial charge is 0.225 e. The number of anilines is 1. The van der Waals surface area contributed by atoms with Crippen molar-refractivity contribution >= 4 is 17.5 Å². The summed E-state index contributed by atoms with van der Waals surface area (Å²) in [4.78, 5) is 27.7. The van der Waals surface area contributed by atoms with E-state index in [2.05, 4.69) is 10.3 Å². The lowest BCUT2D eigenvalue weighted by Crippen LogP contribution is -2.12. The van der Waals surface area contributed by atoms with Gasteiger partial charge in [0.1, 0.15) is 5.82 Å². The van der Waals surface area contributed by atoms with Gasteiger partial charge in [0.15, 0.2) is 5.78 Å². The van der Waals surface area contributed by atoms with Crippen LogP contribution in [-0.4, -0.2) is 16.7 Å². The highest BCUT2D eigenvalue weighted by Crippen LogP contribution is 2.24. The zero-order valence-corrected chi connectivity index (χ0v) is 13.1. The summed E-state index contributed by atoms with van der Waals surface area (Å²) in [6, 6.07) is 11.1. The van der Waals surface area contributed by atoms with Crippen molar-refractivity contribution in [1.82, 2.24) is 4.98 Å². The molecule has 0 radical (unpaired) electrons. The van der Waals surface area contributed by atoms with E-state index in [4.69, 9.17) is 0 Å². The zero-order valence-electron chi connectivity index (χ0n) is 13.1. The summed E-state index contributed by atoms with van der Waals surface area (Å²) in [5.74, 6) is 0.515. The van der Waals surface area contributed by atoms with Crippen LogP contribution in [0.5, 0.6) is 0 Å². The molecule has 2 aromatic rings. The predicted octanol–water partition coefficient (Wildman–Crippen LogP) is 4.00. The number of carbonyl (C=O) groups excluding carboxylic acids is 2. The lowest BCUT2D eigenvalue weighted by molar-refractivity contribution is -0.116. The highest BCUT2D eigenvalue weighted by Gasteiger charge is 2.09. The van der Waals surface area contributed by atoms with Crippen LogP contribution in [-0.2, 0) is 4.79 Å². The van der Waals surface area contributed by atoms with Crippen LogP contribution in [0.4, 0.5) is 5.82 Å². The molecule has 0 saturated carbocycles. The highest BCUT2D eigenvalue weighted by atomic mass is 16.1. The largest absolute Gasteiger partial charge is 0.311 e. The van der Waals surface area contributed by atoms with Gasteiger partial charge in [0.05, 0.1) is 5.69 Å². The first-order valence-electron chi connectivity index (χ1n) is 7.40. The number of rotatable bonds is 5. The molecule has 0 atom stereocenters. The number of amides is 1. The Balaban J connectivity index is 2.36. The standard InChI is InChI=1S/C18H20N2O2/c1-4-6-17(22)19-16-10-9-12(2)18(20-16)15-8-5-7-14(11-15)13(3)21/h5,7-11H,4,6H2,1-3H3,(H,19,20,22). The Kier molecular flexibility index (Phi) is 5.04. The summed E-state index contributed by atoms with van der Waals surface area (Å²) >= 11 is 0. The highest BCUT2D eigenvalue weighted by molar-refractivity contribution is 5.95. The fraction of sp³-hybridized carbons (Fsp3) is 0.278. The molecule has 1 N–H and O–H groups in total. The molecule has 0 aliphatic rings. The summed E-state index contributed by atoms with van der Waals surface area (Å²) in [7, 11) is 0. The summed E-state index contributed by atoms with van der Waals surface area (Å²) < 4.78 is 0. The first-order chi connectivity index (χ1) is 10.5. The van der Waals surface area contributed by atoms with Crippen molar-refractivity contribution in [2.45, 2.75) is 33.6 Å². The minimum atomic E-state index is -0.0395. The first kappa shape index (κ1) is 15.9. The van der Waals surface area contributed by atoms with Crippen molar-refractivity contribution < 1.29 is 9.59 Å². The third-order valence-electron chi connectivity index (χ3n) is 3.38. The van der Waals surface area contributed by atoms with Crippen molar-refractivity contribution in [3.63, 3.8) is 0 Å². The van der Waals surface area contributed by atoms with Crippen LogP contribution < -0.4 is 5.32 Å². The Hall–Kier alpha value is -2.49. The number of nitrogens with one attached hydrogen (secondary N) is 1. The maximum atomic E-state index is 11.7. The van der Waals surface area contributed by atoms with Crippen LogP contribution >= 0.6 is 0 Å². The van der Waals surface area contributed by atoms with Gasteiger partial charge in [-0.1, -0.05) is 31.2 Å². The third-order valence-corrected chi connectivity index (χ3v) is 3.38. The molecule has 0 fully saturated rings. The van der Waals surface area contributed by atoms with Crippen LogP contribution in [0.1, 0.15) is 42.6 Å². The van der Waals surface area contributed by atoms with Crippen molar-refractivity contribution in [2.24, 2.45) is 0 Å². The van der Waals surface area contributed by atoms with E-state index in [1.165, 1.54) is 0 Å². The van der Waals surface area contributed by atoms with Crippen LogP contribution in [0, 0.1) is 6.92 Å². The number of benzene rings is 1. The molecule has 0 bridgehead atoms. The predicted molar refractivity (Wildman–Crippen MR) is 88.0 cm³/mol. The second kappa shape index (κ2) is 6.98. The van der Waals surface area contributed by atoms with E-state index in [-0.39, 0.29) is 11.7 Å². The van der Waals surface area contributed by atoms with E-state index in [1.54, 1.807) is 19.1 Å². The second-order valence-electron chi connectivity index (χ2n) is 5.30. The monoisotopic (exact) mass is 296 g/mol. The van der Waals surface area contributed by atoms with E-state index < -0.39 is 0 Å². The van der Waals surface area contributed by atoms with Gasteiger partial charge >= 0.3 is 0 Å². The quantitative estimate of drug-likeness (QED) is 0.848.